The lowest BCUT2D eigenvalue weighted by molar-refractivity contribution is 0.0685. The first-order valence-corrected chi connectivity index (χ1v) is 4.85. The number of carboxylic acid groups (broad SMARTS) is 1. The summed E-state index contributed by atoms with van der Waals surface area (Å²) in [6.45, 7) is 1.27. The Labute approximate surface area is 79.2 Å². The van der Waals surface area contributed by atoms with Crippen molar-refractivity contribution >= 4 is 16.2 Å². The predicted molar refractivity (Wildman–Crippen MR) is 43.2 cm³/mol. The molecule has 0 bridgehead atoms. The number of halogens is 1. The van der Waals surface area contributed by atoms with Gasteiger partial charge in [0, 0.05) is 7.05 Å². The number of aryl methyl sites for hydroxylation is 1. The van der Waals surface area contributed by atoms with Crippen LogP contribution in [0.25, 0.3) is 0 Å². The van der Waals surface area contributed by atoms with Crippen molar-refractivity contribution in [2.45, 2.75) is 11.8 Å². The normalized spacial score (nSPS) is 11.6. The number of nitrogens with zero attached hydrogens (tertiary/aromatic N) is 2. The number of hydrogen-bond acceptors (Lipinski definition) is 4. The minimum absolute atomic E-state index is 0.0510. The standard InChI is InChI=1S/C6H7FN2O4S/c1-3-5(14(7,12)13)4(6(10)11)8-9(3)2/h1-2H3,(H,10,11). The molecule has 0 fully saturated rings. The summed E-state index contributed by atoms with van der Waals surface area (Å²) in [6, 6.07) is 0. The minimum Gasteiger partial charge on any atom is -0.476 e. The van der Waals surface area contributed by atoms with Crippen LogP contribution in [0.2, 0.25) is 0 Å². The largest absolute Gasteiger partial charge is 0.476 e. The molecule has 0 aliphatic carbocycles. The minimum atomic E-state index is -5.05. The quantitative estimate of drug-likeness (QED) is 0.716. The van der Waals surface area contributed by atoms with Gasteiger partial charge in [0.25, 0.3) is 0 Å². The lowest BCUT2D eigenvalue weighted by Crippen LogP contribution is -2.04. The number of hydrogen-bond donors (Lipinski definition) is 1. The number of carbonyl (C=O) groups is 1. The summed E-state index contributed by atoms with van der Waals surface area (Å²) in [5.74, 6) is -1.58. The fraction of sp³-hybridized carbons (Fsp3) is 0.333. The van der Waals surface area contributed by atoms with Crippen LogP contribution < -0.4 is 0 Å². The molecule has 0 atom stereocenters. The molecule has 0 unspecified atom stereocenters. The zero-order valence-electron chi connectivity index (χ0n) is 7.35. The van der Waals surface area contributed by atoms with E-state index < -0.39 is 26.8 Å². The summed E-state index contributed by atoms with van der Waals surface area (Å²) in [4.78, 5) is 9.65. The van der Waals surface area contributed by atoms with E-state index in [0.29, 0.717) is 0 Å². The second-order valence-corrected chi connectivity index (χ2v) is 3.91. The van der Waals surface area contributed by atoms with E-state index >= 15 is 0 Å². The molecule has 0 aliphatic rings. The third-order valence-electron chi connectivity index (χ3n) is 1.73. The Morgan fingerprint density at radius 2 is 2.07 bits per heavy atom. The zero-order chi connectivity index (χ0) is 11.1. The van der Waals surface area contributed by atoms with E-state index in [1.54, 1.807) is 0 Å². The Bertz CT molecular complexity index is 490. The summed E-state index contributed by atoms with van der Waals surface area (Å²) in [5, 5.41) is 11.9. The fourth-order valence-corrected chi connectivity index (χ4v) is 1.86. The molecule has 6 nitrogen and oxygen atoms in total. The summed E-state index contributed by atoms with van der Waals surface area (Å²) < 4.78 is 34.9. The summed E-state index contributed by atoms with van der Waals surface area (Å²) in [5.41, 5.74) is -0.850. The van der Waals surface area contributed by atoms with Crippen molar-refractivity contribution in [2.24, 2.45) is 7.05 Å². The van der Waals surface area contributed by atoms with E-state index in [1.807, 2.05) is 0 Å². The highest BCUT2D eigenvalue weighted by molar-refractivity contribution is 7.86. The monoisotopic (exact) mass is 222 g/mol. The summed E-state index contributed by atoms with van der Waals surface area (Å²) in [6.07, 6.45) is 0. The van der Waals surface area contributed by atoms with Crippen molar-refractivity contribution in [3.8, 4) is 0 Å². The maximum absolute atomic E-state index is 12.7. The first kappa shape index (κ1) is 10.6. The Kier molecular flexibility index (Phi) is 2.32. The lowest BCUT2D eigenvalue weighted by Gasteiger charge is -1.94. The molecule has 1 heterocycles. The van der Waals surface area contributed by atoms with Crippen molar-refractivity contribution < 1.29 is 22.2 Å². The molecule has 0 saturated heterocycles. The molecule has 0 spiro atoms. The van der Waals surface area contributed by atoms with Crippen LogP contribution in [0.4, 0.5) is 3.89 Å². The molecule has 0 saturated carbocycles. The van der Waals surface area contributed by atoms with Crippen LogP contribution >= 0.6 is 0 Å². The molecule has 14 heavy (non-hydrogen) atoms. The molecule has 1 aromatic rings. The van der Waals surface area contributed by atoms with Crippen molar-refractivity contribution in [1.82, 2.24) is 9.78 Å². The molecule has 0 amide bonds. The topological polar surface area (TPSA) is 89.3 Å². The van der Waals surface area contributed by atoms with Crippen LogP contribution in [0.1, 0.15) is 16.2 Å². The summed E-state index contributed by atoms with van der Waals surface area (Å²) in [7, 11) is -3.72. The van der Waals surface area contributed by atoms with Gasteiger partial charge in [-0.2, -0.15) is 13.5 Å². The maximum atomic E-state index is 12.7. The molecule has 0 radical (unpaired) electrons. The third-order valence-corrected chi connectivity index (χ3v) is 2.70. The molecule has 78 valence electrons. The average molecular weight is 222 g/mol. The van der Waals surface area contributed by atoms with Gasteiger partial charge in [0.1, 0.15) is 0 Å². The molecule has 1 aromatic heterocycles. The fourth-order valence-electron chi connectivity index (χ4n) is 1.02. The number of carboxylic acids is 1. The average Bonchev–Trinajstić information content (AvgIpc) is 2.27. The van der Waals surface area contributed by atoms with Gasteiger partial charge >= 0.3 is 16.2 Å². The van der Waals surface area contributed by atoms with Gasteiger partial charge in [-0.3, -0.25) is 4.68 Å². The molecule has 0 aromatic carbocycles. The molecule has 1 N–H and O–H groups in total. The molecule has 8 heteroatoms. The van der Waals surface area contributed by atoms with Crippen LogP contribution in [-0.4, -0.2) is 29.3 Å². The Morgan fingerprint density at radius 1 is 1.57 bits per heavy atom. The maximum Gasteiger partial charge on any atom is 0.357 e. The Morgan fingerprint density at radius 3 is 2.36 bits per heavy atom. The van der Waals surface area contributed by atoms with E-state index in [0.717, 1.165) is 4.68 Å². The molecule has 1 rings (SSSR count). The van der Waals surface area contributed by atoms with Crippen molar-refractivity contribution in [2.75, 3.05) is 0 Å². The molecular formula is C6H7FN2O4S. The zero-order valence-corrected chi connectivity index (χ0v) is 8.17. The smallest absolute Gasteiger partial charge is 0.357 e. The van der Waals surface area contributed by atoms with Crippen molar-refractivity contribution in [3.05, 3.63) is 11.4 Å². The second-order valence-electron chi connectivity index (χ2n) is 2.63. The number of aromatic carboxylic acids is 1. The van der Waals surface area contributed by atoms with Gasteiger partial charge in [0.2, 0.25) is 0 Å². The Hall–Kier alpha value is -1.44. The first-order chi connectivity index (χ1) is 6.25. The van der Waals surface area contributed by atoms with E-state index in [-0.39, 0.29) is 5.69 Å². The SMILES string of the molecule is Cc1c(S(=O)(=O)F)c(C(=O)O)nn1C. The first-order valence-electron chi connectivity index (χ1n) is 3.46. The van der Waals surface area contributed by atoms with Crippen LogP contribution in [-0.2, 0) is 17.3 Å². The molecule has 0 aliphatic heterocycles. The van der Waals surface area contributed by atoms with Gasteiger partial charge in [0.05, 0.1) is 5.69 Å². The Balaban J connectivity index is 3.63. The lowest BCUT2D eigenvalue weighted by atomic mass is 10.4. The van der Waals surface area contributed by atoms with Gasteiger partial charge < -0.3 is 5.11 Å². The highest BCUT2D eigenvalue weighted by Crippen LogP contribution is 2.21. The van der Waals surface area contributed by atoms with E-state index in [2.05, 4.69) is 5.10 Å². The van der Waals surface area contributed by atoms with Gasteiger partial charge in [-0.25, -0.2) is 4.79 Å². The van der Waals surface area contributed by atoms with E-state index in [1.165, 1.54) is 14.0 Å². The predicted octanol–water partition coefficient (Wildman–Crippen LogP) is 0.0849. The highest BCUT2D eigenvalue weighted by Gasteiger charge is 2.29. The summed E-state index contributed by atoms with van der Waals surface area (Å²) >= 11 is 0. The van der Waals surface area contributed by atoms with Crippen LogP contribution in [0, 0.1) is 6.92 Å². The van der Waals surface area contributed by atoms with Crippen LogP contribution in [0.5, 0.6) is 0 Å². The molecular weight excluding hydrogens is 215 g/mol. The van der Waals surface area contributed by atoms with Gasteiger partial charge in [0.15, 0.2) is 10.6 Å². The van der Waals surface area contributed by atoms with Crippen molar-refractivity contribution in [3.63, 3.8) is 0 Å². The van der Waals surface area contributed by atoms with Crippen LogP contribution in [0.15, 0.2) is 4.90 Å². The number of aromatic nitrogens is 2. The van der Waals surface area contributed by atoms with Gasteiger partial charge in [-0.05, 0) is 6.92 Å². The second kappa shape index (κ2) is 3.05. The van der Waals surface area contributed by atoms with Crippen molar-refractivity contribution in [1.29, 1.82) is 0 Å². The van der Waals surface area contributed by atoms with Gasteiger partial charge in [-0.15, -0.1) is 3.89 Å². The third kappa shape index (κ3) is 1.60. The van der Waals surface area contributed by atoms with E-state index in [4.69, 9.17) is 5.11 Å². The highest BCUT2D eigenvalue weighted by atomic mass is 32.3. The van der Waals surface area contributed by atoms with E-state index in [9.17, 15) is 17.1 Å². The van der Waals surface area contributed by atoms with Gasteiger partial charge in [-0.1, -0.05) is 0 Å². The van der Waals surface area contributed by atoms with Crippen LogP contribution in [0.3, 0.4) is 0 Å². The number of rotatable bonds is 2.